The monoisotopic (exact) mass is 497 g/mol. The molecular weight excluding hydrogens is 482 g/mol. The van der Waals surface area contributed by atoms with Crippen molar-refractivity contribution in [1.82, 2.24) is 14.6 Å². The first-order chi connectivity index (χ1) is 16.3. The Hall–Kier alpha value is -3.96. The third kappa shape index (κ3) is 4.56. The molecule has 0 fully saturated rings. The molecule has 2 heterocycles. The molecule has 34 heavy (non-hydrogen) atoms. The Balaban J connectivity index is 1.82. The van der Waals surface area contributed by atoms with Crippen LogP contribution in [-0.4, -0.2) is 38.1 Å². The summed E-state index contributed by atoms with van der Waals surface area (Å²) < 4.78 is 6.34. The number of nitrogens with zero attached hydrogens (tertiary/aromatic N) is 5. The van der Waals surface area contributed by atoms with E-state index < -0.39 is 23.0 Å². The molecule has 172 valence electrons. The van der Waals surface area contributed by atoms with Crippen molar-refractivity contribution >= 4 is 62.0 Å². The maximum Gasteiger partial charge on any atom is 0.362 e. The summed E-state index contributed by atoms with van der Waals surface area (Å²) in [5.41, 5.74) is 0.262. The van der Waals surface area contributed by atoms with Gasteiger partial charge in [-0.15, -0.1) is 5.11 Å². The fraction of sp³-hybridized carbons (Fsp3) is 0.136. The predicted octanol–water partition coefficient (Wildman–Crippen LogP) is 4.73. The van der Waals surface area contributed by atoms with Crippen LogP contribution in [0.3, 0.4) is 0 Å². The molecule has 1 N–H and O–H groups in total. The fourth-order valence-electron chi connectivity index (χ4n) is 2.97. The molecule has 0 amide bonds. The number of carbonyl (C=O) groups is 2. The Morgan fingerprint density at radius 2 is 1.94 bits per heavy atom. The highest BCUT2D eigenvalue weighted by molar-refractivity contribution is 7.17. The predicted molar refractivity (Wildman–Crippen MR) is 127 cm³/mol. The minimum atomic E-state index is -0.918. The molecule has 0 unspecified atom stereocenters. The van der Waals surface area contributed by atoms with Crippen molar-refractivity contribution in [1.29, 1.82) is 0 Å². The van der Waals surface area contributed by atoms with Gasteiger partial charge < -0.3 is 9.84 Å². The molecule has 0 atom stereocenters. The molecule has 0 aliphatic carbocycles. The highest BCUT2D eigenvalue weighted by atomic mass is 35.5. The minimum Gasteiger partial charge on any atom is -0.503 e. The zero-order valence-electron chi connectivity index (χ0n) is 17.9. The summed E-state index contributed by atoms with van der Waals surface area (Å²) in [7, 11) is 0. The van der Waals surface area contributed by atoms with E-state index in [-0.39, 0.29) is 22.4 Å². The van der Waals surface area contributed by atoms with E-state index in [1.165, 1.54) is 17.5 Å². The maximum absolute atomic E-state index is 12.5. The van der Waals surface area contributed by atoms with Crippen molar-refractivity contribution < 1.29 is 19.4 Å². The van der Waals surface area contributed by atoms with Gasteiger partial charge in [0.1, 0.15) is 0 Å². The van der Waals surface area contributed by atoms with Crippen LogP contribution in [0.15, 0.2) is 63.2 Å². The van der Waals surface area contributed by atoms with Crippen molar-refractivity contribution in [3.05, 3.63) is 74.1 Å². The summed E-state index contributed by atoms with van der Waals surface area (Å²) >= 11 is 6.94. The molecule has 2 aromatic carbocycles. The number of aliphatic hydroxyl groups excluding tert-OH is 1. The van der Waals surface area contributed by atoms with E-state index in [1.807, 2.05) is 0 Å². The Morgan fingerprint density at radius 3 is 2.62 bits per heavy atom. The lowest BCUT2D eigenvalue weighted by Gasteiger charge is -2.03. The number of halogens is 1. The molecule has 0 saturated carbocycles. The lowest BCUT2D eigenvalue weighted by atomic mass is 10.1. The van der Waals surface area contributed by atoms with E-state index >= 15 is 0 Å². The molecule has 2 aromatic heterocycles. The molecule has 0 bridgehead atoms. The number of azo groups is 1. The van der Waals surface area contributed by atoms with Gasteiger partial charge >= 0.3 is 5.97 Å². The minimum absolute atomic E-state index is 0.0340. The van der Waals surface area contributed by atoms with Gasteiger partial charge in [-0.1, -0.05) is 22.9 Å². The average Bonchev–Trinajstić information content (AvgIpc) is 3.24. The number of ether oxygens (including phenoxy) is 1. The molecular formula is C22H16ClN5O5S. The first-order valence-corrected chi connectivity index (χ1v) is 11.1. The van der Waals surface area contributed by atoms with E-state index in [9.17, 15) is 19.5 Å². The molecule has 4 rings (SSSR count). The van der Waals surface area contributed by atoms with Crippen molar-refractivity contribution in [2.45, 2.75) is 13.8 Å². The summed E-state index contributed by atoms with van der Waals surface area (Å²) in [6, 6.07) is 10.9. The molecule has 0 aliphatic heterocycles. The van der Waals surface area contributed by atoms with Crippen LogP contribution in [0.2, 0.25) is 5.02 Å². The van der Waals surface area contributed by atoms with E-state index in [1.54, 1.807) is 43.3 Å². The van der Waals surface area contributed by atoms with Crippen LogP contribution in [0.1, 0.15) is 29.2 Å². The summed E-state index contributed by atoms with van der Waals surface area (Å²) in [4.78, 5) is 40.4. The van der Waals surface area contributed by atoms with Crippen LogP contribution < -0.4 is 5.56 Å². The van der Waals surface area contributed by atoms with Crippen molar-refractivity contribution in [3.8, 4) is 0 Å². The molecule has 10 nitrogen and oxygen atoms in total. The lowest BCUT2D eigenvalue weighted by Crippen LogP contribution is -2.10. The summed E-state index contributed by atoms with van der Waals surface area (Å²) in [6.45, 7) is 3.08. The second-order valence-electron chi connectivity index (χ2n) is 6.90. The Kier molecular flexibility index (Phi) is 6.48. The van der Waals surface area contributed by atoms with Gasteiger partial charge in [-0.05, 0) is 56.3 Å². The summed E-state index contributed by atoms with van der Waals surface area (Å²) in [5.74, 6) is -1.62. The number of hydrogen-bond donors (Lipinski definition) is 1. The van der Waals surface area contributed by atoms with Gasteiger partial charge in [0.2, 0.25) is 10.7 Å². The Bertz CT molecular complexity index is 1560. The quantitative estimate of drug-likeness (QED) is 0.134. The number of rotatable bonds is 6. The van der Waals surface area contributed by atoms with Gasteiger partial charge in [0.15, 0.2) is 16.6 Å². The number of ketones is 1. The summed E-state index contributed by atoms with van der Waals surface area (Å²) in [5, 5.41) is 23.6. The zero-order valence-corrected chi connectivity index (χ0v) is 19.4. The number of Topliss-reactive ketones (excluding diaryl/α,β-unsaturated/α-hetero) is 1. The molecule has 4 aromatic rings. The van der Waals surface area contributed by atoms with Crippen LogP contribution in [-0.2, 0) is 9.53 Å². The van der Waals surface area contributed by atoms with E-state index in [0.29, 0.717) is 27.2 Å². The number of esters is 1. The van der Waals surface area contributed by atoms with Crippen LogP contribution in [0.5, 0.6) is 0 Å². The standard InChI is InChI=1S/C22H16ClN5O5S/c1-3-33-21(32)17(26-25-14-7-4-12(5-8-14)11(2)29)18(30)20-27-28-16-10-13(23)6-9-15(16)19(31)24-22(28)34-20/h4-10,30H,3H2,1-2H3. The van der Waals surface area contributed by atoms with E-state index in [4.69, 9.17) is 16.3 Å². The first-order valence-electron chi connectivity index (χ1n) is 9.91. The highest BCUT2D eigenvalue weighted by Crippen LogP contribution is 2.27. The highest BCUT2D eigenvalue weighted by Gasteiger charge is 2.22. The second-order valence-corrected chi connectivity index (χ2v) is 8.29. The number of aliphatic hydroxyl groups is 1. The Labute approximate surface area is 200 Å². The molecule has 12 heteroatoms. The maximum atomic E-state index is 12.5. The van der Waals surface area contributed by atoms with Gasteiger partial charge in [0, 0.05) is 10.6 Å². The number of hydrogen-bond acceptors (Lipinski definition) is 10. The molecule has 0 saturated heterocycles. The largest absolute Gasteiger partial charge is 0.503 e. The van der Waals surface area contributed by atoms with Crippen LogP contribution in [0, 0.1) is 0 Å². The normalized spacial score (nSPS) is 12.3. The number of benzene rings is 2. The number of fused-ring (bicyclic) bond motifs is 3. The van der Waals surface area contributed by atoms with Gasteiger partial charge in [0.05, 0.1) is 23.2 Å². The van der Waals surface area contributed by atoms with Gasteiger partial charge in [-0.2, -0.15) is 15.2 Å². The zero-order chi connectivity index (χ0) is 24.4. The smallest absolute Gasteiger partial charge is 0.362 e. The van der Waals surface area contributed by atoms with E-state index in [2.05, 4.69) is 20.3 Å². The SMILES string of the molecule is CCOC(=O)C(N=Nc1ccc(C(C)=O)cc1)=C(O)c1nn2c(nc(=O)c3ccc(Cl)cc32)s1. The first kappa shape index (κ1) is 23.2. The third-order valence-electron chi connectivity index (χ3n) is 4.61. The van der Waals surface area contributed by atoms with E-state index in [0.717, 1.165) is 11.3 Å². The fourth-order valence-corrected chi connectivity index (χ4v) is 3.98. The van der Waals surface area contributed by atoms with Gasteiger partial charge in [-0.3, -0.25) is 9.59 Å². The van der Waals surface area contributed by atoms with Crippen molar-refractivity contribution in [2.24, 2.45) is 10.2 Å². The number of aromatic nitrogens is 3. The van der Waals surface area contributed by atoms with Gasteiger partial charge in [0.25, 0.3) is 5.56 Å². The topological polar surface area (TPSA) is 136 Å². The lowest BCUT2D eigenvalue weighted by molar-refractivity contribution is -0.138. The van der Waals surface area contributed by atoms with Crippen LogP contribution >= 0.6 is 22.9 Å². The molecule has 0 radical (unpaired) electrons. The van der Waals surface area contributed by atoms with Crippen LogP contribution in [0.4, 0.5) is 5.69 Å². The summed E-state index contributed by atoms with van der Waals surface area (Å²) in [6.07, 6.45) is 0. The van der Waals surface area contributed by atoms with Crippen LogP contribution in [0.25, 0.3) is 21.6 Å². The average molecular weight is 498 g/mol. The number of carbonyl (C=O) groups excluding carboxylic acids is 2. The third-order valence-corrected chi connectivity index (χ3v) is 5.76. The molecule has 0 spiro atoms. The molecule has 0 aliphatic rings. The Morgan fingerprint density at radius 1 is 1.21 bits per heavy atom. The van der Waals surface area contributed by atoms with Crippen molar-refractivity contribution in [3.63, 3.8) is 0 Å². The second kappa shape index (κ2) is 9.49. The van der Waals surface area contributed by atoms with Crippen molar-refractivity contribution in [2.75, 3.05) is 6.61 Å². The van der Waals surface area contributed by atoms with Gasteiger partial charge in [-0.25, -0.2) is 9.31 Å².